The lowest BCUT2D eigenvalue weighted by Crippen LogP contribution is -2.33. The Kier molecular flexibility index (Phi) is 3.08. The first kappa shape index (κ1) is 12.7. The minimum Gasteiger partial charge on any atom is -0.288 e. The van der Waals surface area contributed by atoms with Crippen LogP contribution >= 0.6 is 11.6 Å². The van der Waals surface area contributed by atoms with Gasteiger partial charge in [-0.2, -0.15) is 0 Å². The minimum absolute atomic E-state index is 0.00309. The minimum atomic E-state index is -3.68. The number of halogens is 1. The molecule has 19 heavy (non-hydrogen) atoms. The summed E-state index contributed by atoms with van der Waals surface area (Å²) in [4.78, 5) is 4.05. The lowest BCUT2D eigenvalue weighted by molar-refractivity contribution is 0.553. The molecule has 3 rings (SSSR count). The second kappa shape index (κ2) is 4.63. The summed E-state index contributed by atoms with van der Waals surface area (Å²) in [5.74, 6) is 0. The van der Waals surface area contributed by atoms with Crippen LogP contribution in [0.1, 0.15) is 12.8 Å². The fraction of sp³-hybridized carbons (Fsp3) is 0.250. The highest BCUT2D eigenvalue weighted by Crippen LogP contribution is 2.23. The van der Waals surface area contributed by atoms with E-state index in [9.17, 15) is 8.42 Å². The average Bonchev–Trinajstić information content (AvgIpc) is 2.94. The van der Waals surface area contributed by atoms with Crippen molar-refractivity contribution >= 4 is 27.3 Å². The van der Waals surface area contributed by atoms with E-state index in [1.165, 1.54) is 4.40 Å². The molecule has 5 nitrogen and oxygen atoms in total. The van der Waals surface area contributed by atoms with E-state index in [1.807, 2.05) is 12.2 Å². The zero-order valence-electron chi connectivity index (χ0n) is 9.95. The van der Waals surface area contributed by atoms with E-state index in [4.69, 9.17) is 11.6 Å². The molecule has 0 amide bonds. The predicted molar refractivity (Wildman–Crippen MR) is 72.7 cm³/mol. The van der Waals surface area contributed by atoms with Gasteiger partial charge in [0, 0.05) is 12.2 Å². The van der Waals surface area contributed by atoms with E-state index < -0.39 is 10.0 Å². The van der Waals surface area contributed by atoms with Gasteiger partial charge in [-0.05, 0) is 25.0 Å². The molecule has 0 saturated carbocycles. The van der Waals surface area contributed by atoms with E-state index >= 15 is 0 Å². The Bertz CT molecular complexity index is 743. The maximum Gasteiger partial charge on any atom is 0.260 e. The summed E-state index contributed by atoms with van der Waals surface area (Å²) in [6.45, 7) is 0. The molecule has 0 atom stereocenters. The molecular weight excluding hydrogens is 286 g/mol. The molecule has 1 aliphatic rings. The summed E-state index contributed by atoms with van der Waals surface area (Å²) in [6.07, 6.45) is 6.96. The number of sulfonamides is 1. The third-order valence-electron chi connectivity index (χ3n) is 3.03. The molecule has 2 heterocycles. The Labute approximate surface area is 116 Å². The first-order valence-corrected chi connectivity index (χ1v) is 7.74. The quantitative estimate of drug-likeness (QED) is 0.881. The van der Waals surface area contributed by atoms with Gasteiger partial charge in [-0.1, -0.05) is 29.8 Å². The van der Waals surface area contributed by atoms with Crippen molar-refractivity contribution in [3.05, 3.63) is 41.7 Å². The van der Waals surface area contributed by atoms with Crippen LogP contribution in [0, 0.1) is 0 Å². The van der Waals surface area contributed by atoms with Crippen LogP contribution in [-0.2, 0) is 10.0 Å². The molecule has 0 aromatic carbocycles. The summed E-state index contributed by atoms with van der Waals surface area (Å²) >= 11 is 5.97. The summed E-state index contributed by atoms with van der Waals surface area (Å²) in [5, 5.41) is -0.0127. The molecule has 0 fully saturated rings. The van der Waals surface area contributed by atoms with Crippen LogP contribution in [0.5, 0.6) is 0 Å². The van der Waals surface area contributed by atoms with Crippen LogP contribution in [0.25, 0.3) is 5.65 Å². The molecule has 0 unspecified atom stereocenters. The van der Waals surface area contributed by atoms with Gasteiger partial charge in [-0.25, -0.2) is 18.1 Å². The SMILES string of the molecule is O=S(=O)(NC1CC=CC1)c1c(Cl)nc2ccccn12. The number of nitrogens with one attached hydrogen (secondary N) is 1. The van der Waals surface area contributed by atoms with Gasteiger partial charge in [0.1, 0.15) is 5.65 Å². The van der Waals surface area contributed by atoms with Gasteiger partial charge in [-0.3, -0.25) is 4.40 Å². The lowest BCUT2D eigenvalue weighted by Gasteiger charge is -2.12. The predicted octanol–water partition coefficient (Wildman–Crippen LogP) is 1.98. The largest absolute Gasteiger partial charge is 0.288 e. The highest BCUT2D eigenvalue weighted by molar-refractivity contribution is 7.89. The van der Waals surface area contributed by atoms with Crippen molar-refractivity contribution in [3.8, 4) is 0 Å². The Balaban J connectivity index is 2.05. The number of rotatable bonds is 3. The second-order valence-electron chi connectivity index (χ2n) is 4.40. The molecule has 2 aromatic heterocycles. The van der Waals surface area contributed by atoms with E-state index in [0.29, 0.717) is 18.5 Å². The van der Waals surface area contributed by atoms with Gasteiger partial charge in [0.2, 0.25) is 0 Å². The molecule has 100 valence electrons. The molecule has 1 N–H and O–H groups in total. The van der Waals surface area contributed by atoms with Crippen molar-refractivity contribution in [1.82, 2.24) is 14.1 Å². The molecule has 0 aliphatic heterocycles. The number of aromatic nitrogens is 2. The van der Waals surface area contributed by atoms with E-state index in [-0.39, 0.29) is 16.2 Å². The first-order valence-electron chi connectivity index (χ1n) is 5.88. The molecule has 1 aliphatic carbocycles. The normalized spacial score (nSPS) is 16.5. The Morgan fingerprint density at radius 1 is 1.32 bits per heavy atom. The zero-order chi connectivity index (χ0) is 13.5. The highest BCUT2D eigenvalue weighted by Gasteiger charge is 2.27. The number of hydrogen-bond acceptors (Lipinski definition) is 3. The van der Waals surface area contributed by atoms with E-state index in [2.05, 4.69) is 9.71 Å². The third-order valence-corrected chi connectivity index (χ3v) is 4.95. The summed E-state index contributed by atoms with van der Waals surface area (Å²) in [7, 11) is -3.68. The molecule has 0 bridgehead atoms. The van der Waals surface area contributed by atoms with Crippen LogP contribution < -0.4 is 4.72 Å². The molecule has 0 spiro atoms. The van der Waals surface area contributed by atoms with Crippen molar-refractivity contribution in [1.29, 1.82) is 0 Å². The van der Waals surface area contributed by atoms with Crippen LogP contribution in [0.3, 0.4) is 0 Å². The van der Waals surface area contributed by atoms with Crippen LogP contribution in [-0.4, -0.2) is 23.8 Å². The first-order chi connectivity index (χ1) is 9.08. The van der Waals surface area contributed by atoms with E-state index in [0.717, 1.165) is 0 Å². The van der Waals surface area contributed by atoms with Gasteiger partial charge in [0.25, 0.3) is 10.0 Å². The number of pyridine rings is 1. The third kappa shape index (κ3) is 2.27. The Hall–Kier alpha value is -1.37. The van der Waals surface area contributed by atoms with Crippen molar-refractivity contribution in [2.24, 2.45) is 0 Å². The molecule has 0 saturated heterocycles. The molecular formula is C12H12ClN3O2S. The standard InChI is InChI=1S/C12H12ClN3O2S/c13-11-12(16-8-4-3-7-10(16)14-11)19(17,18)15-9-5-1-2-6-9/h1-4,7-9,15H,5-6H2. The molecule has 0 radical (unpaired) electrons. The van der Waals surface area contributed by atoms with Crippen LogP contribution in [0.2, 0.25) is 5.15 Å². The van der Waals surface area contributed by atoms with Gasteiger partial charge in [-0.15, -0.1) is 0 Å². The average molecular weight is 298 g/mol. The van der Waals surface area contributed by atoms with Crippen LogP contribution in [0.4, 0.5) is 0 Å². The second-order valence-corrected chi connectivity index (χ2v) is 6.38. The van der Waals surface area contributed by atoms with Gasteiger partial charge in [0.05, 0.1) is 0 Å². The fourth-order valence-electron chi connectivity index (χ4n) is 2.17. The number of fused-ring (bicyclic) bond motifs is 1. The Morgan fingerprint density at radius 2 is 2.05 bits per heavy atom. The number of imidazole rings is 1. The number of nitrogens with zero attached hydrogens (tertiary/aromatic N) is 2. The molecule has 2 aromatic rings. The van der Waals surface area contributed by atoms with Crippen molar-refractivity contribution < 1.29 is 8.42 Å². The van der Waals surface area contributed by atoms with Gasteiger partial charge >= 0.3 is 0 Å². The van der Waals surface area contributed by atoms with Gasteiger partial charge < -0.3 is 0 Å². The molecule has 7 heteroatoms. The summed E-state index contributed by atoms with van der Waals surface area (Å²) in [5.41, 5.74) is 0.512. The lowest BCUT2D eigenvalue weighted by atomic mass is 10.3. The van der Waals surface area contributed by atoms with Crippen molar-refractivity contribution in [2.45, 2.75) is 23.9 Å². The number of hydrogen-bond donors (Lipinski definition) is 1. The zero-order valence-corrected chi connectivity index (χ0v) is 11.5. The fourth-order valence-corrected chi connectivity index (χ4v) is 4.08. The Morgan fingerprint density at radius 3 is 2.79 bits per heavy atom. The topological polar surface area (TPSA) is 63.5 Å². The smallest absolute Gasteiger partial charge is 0.260 e. The highest BCUT2D eigenvalue weighted by atomic mass is 35.5. The monoisotopic (exact) mass is 297 g/mol. The maximum atomic E-state index is 12.4. The van der Waals surface area contributed by atoms with Gasteiger partial charge in [0.15, 0.2) is 10.2 Å². The van der Waals surface area contributed by atoms with Crippen LogP contribution in [0.15, 0.2) is 41.6 Å². The van der Waals surface area contributed by atoms with E-state index in [1.54, 1.807) is 24.4 Å². The van der Waals surface area contributed by atoms with Crippen molar-refractivity contribution in [2.75, 3.05) is 0 Å². The maximum absolute atomic E-state index is 12.4. The summed E-state index contributed by atoms with van der Waals surface area (Å²) < 4.78 is 28.9. The summed E-state index contributed by atoms with van der Waals surface area (Å²) in [6, 6.07) is 5.13. The van der Waals surface area contributed by atoms with Crippen molar-refractivity contribution in [3.63, 3.8) is 0 Å².